The molecule has 0 aromatic heterocycles. The Morgan fingerprint density at radius 1 is 1.12 bits per heavy atom. The lowest BCUT2D eigenvalue weighted by Crippen LogP contribution is -2.04. The fourth-order valence-corrected chi connectivity index (χ4v) is 1.95. The third kappa shape index (κ3) is 4.19. The number of benzene rings is 2. The number of non-ortho nitro benzene ring substituents is 1. The molecule has 0 heterocycles. The number of ether oxygens (including phenoxy) is 2. The molecule has 0 fully saturated rings. The van der Waals surface area contributed by atoms with Gasteiger partial charge in [0.25, 0.3) is 5.69 Å². The van der Waals surface area contributed by atoms with Gasteiger partial charge in [-0.1, -0.05) is 0 Å². The summed E-state index contributed by atoms with van der Waals surface area (Å²) in [5.74, 6) is -1.37. The van der Waals surface area contributed by atoms with Crippen LogP contribution in [0.15, 0.2) is 36.4 Å². The van der Waals surface area contributed by atoms with Gasteiger partial charge in [0.2, 0.25) is 5.75 Å². The van der Waals surface area contributed by atoms with Gasteiger partial charge in [-0.2, -0.15) is 0 Å². The van der Waals surface area contributed by atoms with E-state index in [1.54, 1.807) is 6.92 Å². The van der Waals surface area contributed by atoms with E-state index in [4.69, 9.17) is 9.47 Å². The third-order valence-corrected chi connectivity index (χ3v) is 2.98. The average Bonchev–Trinajstić information content (AvgIpc) is 2.54. The van der Waals surface area contributed by atoms with Crippen molar-refractivity contribution in [1.29, 1.82) is 0 Å². The lowest BCUT2D eigenvalue weighted by atomic mass is 10.2. The highest BCUT2D eigenvalue weighted by Crippen LogP contribution is 2.35. The number of nitro benzene ring substituents is 2. The van der Waals surface area contributed by atoms with Crippen molar-refractivity contribution >= 4 is 17.3 Å². The molecular formula is C15H12N2O8. The first-order valence-corrected chi connectivity index (χ1v) is 6.93. The summed E-state index contributed by atoms with van der Waals surface area (Å²) in [6.45, 7) is 1.73. The molecular weight excluding hydrogens is 336 g/mol. The Kier molecular flexibility index (Phi) is 5.12. The summed E-state index contributed by atoms with van der Waals surface area (Å²) in [4.78, 5) is 31.9. The first kappa shape index (κ1) is 17.7. The highest BCUT2D eigenvalue weighted by molar-refractivity contribution is 5.90. The maximum absolute atomic E-state index is 11.7. The Balaban J connectivity index is 2.41. The number of nitro groups is 2. The fraction of sp³-hybridized carbons (Fsp3) is 0.133. The van der Waals surface area contributed by atoms with Crippen molar-refractivity contribution in [3.63, 3.8) is 0 Å². The van der Waals surface area contributed by atoms with Crippen molar-refractivity contribution in [1.82, 2.24) is 0 Å². The minimum Gasteiger partial charge on any atom is -0.508 e. The molecule has 10 nitrogen and oxygen atoms in total. The van der Waals surface area contributed by atoms with E-state index in [-0.39, 0.29) is 29.4 Å². The first-order valence-electron chi connectivity index (χ1n) is 6.93. The third-order valence-electron chi connectivity index (χ3n) is 2.98. The molecule has 0 atom stereocenters. The number of carbonyl (C=O) groups is 1. The number of hydrogen-bond donors (Lipinski definition) is 1. The van der Waals surface area contributed by atoms with Crippen molar-refractivity contribution in [2.75, 3.05) is 6.61 Å². The standard InChI is InChI=1S/C15H12N2O8/c1-2-24-15(19)9-5-11(18)8-12(6-9)25-14-4-3-10(16(20)21)7-13(14)17(22)23/h3-8,18H,2H2,1H3. The van der Waals surface area contributed by atoms with Gasteiger partial charge in [0.05, 0.1) is 28.1 Å². The highest BCUT2D eigenvalue weighted by atomic mass is 16.6. The fourth-order valence-electron chi connectivity index (χ4n) is 1.95. The van der Waals surface area contributed by atoms with Crippen molar-refractivity contribution in [2.45, 2.75) is 6.92 Å². The maximum atomic E-state index is 11.7. The zero-order chi connectivity index (χ0) is 18.6. The van der Waals surface area contributed by atoms with Gasteiger partial charge in [-0.3, -0.25) is 20.2 Å². The second-order valence-electron chi connectivity index (χ2n) is 4.70. The normalized spacial score (nSPS) is 10.1. The van der Waals surface area contributed by atoms with E-state index < -0.39 is 27.2 Å². The van der Waals surface area contributed by atoms with E-state index >= 15 is 0 Å². The van der Waals surface area contributed by atoms with Crippen LogP contribution in [0.25, 0.3) is 0 Å². The van der Waals surface area contributed by atoms with Crippen LogP contribution in [0.5, 0.6) is 17.2 Å². The van der Waals surface area contributed by atoms with Crippen LogP contribution in [0.2, 0.25) is 0 Å². The summed E-state index contributed by atoms with van der Waals surface area (Å²) in [5, 5.41) is 31.5. The van der Waals surface area contributed by atoms with Crippen LogP contribution in [-0.4, -0.2) is 27.5 Å². The zero-order valence-corrected chi connectivity index (χ0v) is 12.9. The average molecular weight is 348 g/mol. The quantitative estimate of drug-likeness (QED) is 0.476. The Bertz CT molecular complexity index is 849. The van der Waals surface area contributed by atoms with Gasteiger partial charge in [0.1, 0.15) is 11.5 Å². The maximum Gasteiger partial charge on any atom is 0.338 e. The van der Waals surface area contributed by atoms with Gasteiger partial charge in [-0.25, -0.2) is 4.79 Å². The van der Waals surface area contributed by atoms with E-state index in [0.717, 1.165) is 30.3 Å². The van der Waals surface area contributed by atoms with Gasteiger partial charge in [0.15, 0.2) is 0 Å². The largest absolute Gasteiger partial charge is 0.508 e. The lowest BCUT2D eigenvalue weighted by Gasteiger charge is -2.09. The van der Waals surface area contributed by atoms with Crippen LogP contribution >= 0.6 is 0 Å². The van der Waals surface area contributed by atoms with Gasteiger partial charge >= 0.3 is 11.7 Å². The molecule has 10 heteroatoms. The van der Waals surface area contributed by atoms with E-state index in [0.29, 0.717) is 0 Å². The predicted molar refractivity (Wildman–Crippen MR) is 83.9 cm³/mol. The van der Waals surface area contributed by atoms with E-state index in [9.17, 15) is 30.1 Å². The summed E-state index contributed by atoms with van der Waals surface area (Å²) in [7, 11) is 0. The van der Waals surface area contributed by atoms with Crippen molar-refractivity contribution in [3.05, 3.63) is 62.2 Å². The monoisotopic (exact) mass is 348 g/mol. The summed E-state index contributed by atoms with van der Waals surface area (Å²) in [5.41, 5.74) is -1.11. The van der Waals surface area contributed by atoms with Crippen molar-refractivity contribution in [3.8, 4) is 17.2 Å². The van der Waals surface area contributed by atoms with E-state index in [1.807, 2.05) is 0 Å². The van der Waals surface area contributed by atoms with Crippen molar-refractivity contribution in [2.24, 2.45) is 0 Å². The van der Waals surface area contributed by atoms with Crippen LogP contribution in [0.4, 0.5) is 11.4 Å². The SMILES string of the molecule is CCOC(=O)c1cc(O)cc(Oc2ccc([N+](=O)[O-])cc2[N+](=O)[O-])c1. The molecule has 0 unspecified atom stereocenters. The molecule has 2 aromatic carbocycles. The Morgan fingerprint density at radius 3 is 2.44 bits per heavy atom. The molecule has 2 rings (SSSR count). The van der Waals surface area contributed by atoms with Gasteiger partial charge in [0, 0.05) is 12.1 Å². The summed E-state index contributed by atoms with van der Waals surface area (Å²) >= 11 is 0. The molecule has 130 valence electrons. The topological polar surface area (TPSA) is 142 Å². The second kappa shape index (κ2) is 7.25. The number of carbonyl (C=O) groups excluding carboxylic acids is 1. The molecule has 0 spiro atoms. The second-order valence-corrected chi connectivity index (χ2v) is 4.70. The van der Waals surface area contributed by atoms with Crippen LogP contribution < -0.4 is 4.74 Å². The number of nitrogens with zero attached hydrogens (tertiary/aromatic N) is 2. The Morgan fingerprint density at radius 2 is 1.84 bits per heavy atom. The number of phenolic OH excluding ortho intramolecular Hbond substituents is 1. The minimum absolute atomic E-state index is 0.0126. The molecule has 0 aliphatic heterocycles. The smallest absolute Gasteiger partial charge is 0.338 e. The highest BCUT2D eigenvalue weighted by Gasteiger charge is 2.22. The molecule has 0 saturated heterocycles. The molecule has 2 aromatic rings. The number of esters is 1. The first-order chi connectivity index (χ1) is 11.8. The molecule has 0 bridgehead atoms. The number of aromatic hydroxyl groups is 1. The van der Waals surface area contributed by atoms with E-state index in [2.05, 4.69) is 0 Å². The Hall–Kier alpha value is -3.69. The minimum atomic E-state index is -0.836. The van der Waals surface area contributed by atoms with Gasteiger partial charge < -0.3 is 14.6 Å². The van der Waals surface area contributed by atoms with Crippen LogP contribution in [0.1, 0.15) is 17.3 Å². The molecule has 25 heavy (non-hydrogen) atoms. The number of rotatable bonds is 6. The molecule has 0 amide bonds. The van der Waals surface area contributed by atoms with E-state index in [1.165, 1.54) is 6.07 Å². The predicted octanol–water partition coefficient (Wildman–Crippen LogP) is 3.18. The summed E-state index contributed by atoms with van der Waals surface area (Å²) < 4.78 is 10.1. The number of phenols is 1. The van der Waals surface area contributed by atoms with Crippen molar-refractivity contribution < 1.29 is 29.2 Å². The zero-order valence-electron chi connectivity index (χ0n) is 12.9. The molecule has 0 saturated carbocycles. The van der Waals surface area contributed by atoms with Crippen LogP contribution in [0, 0.1) is 20.2 Å². The molecule has 0 aliphatic rings. The molecule has 0 radical (unpaired) electrons. The summed E-state index contributed by atoms with van der Waals surface area (Å²) in [6.07, 6.45) is 0. The van der Waals surface area contributed by atoms with Crippen LogP contribution in [0.3, 0.4) is 0 Å². The Labute approximate surface area is 140 Å². The molecule has 0 aliphatic carbocycles. The summed E-state index contributed by atoms with van der Waals surface area (Å²) in [6, 6.07) is 6.36. The number of hydrogen-bond acceptors (Lipinski definition) is 8. The lowest BCUT2D eigenvalue weighted by molar-refractivity contribution is -0.394. The van der Waals surface area contributed by atoms with Gasteiger partial charge in [-0.05, 0) is 25.1 Å². The van der Waals surface area contributed by atoms with Gasteiger partial charge in [-0.15, -0.1) is 0 Å². The molecule has 1 N–H and O–H groups in total. The van der Waals surface area contributed by atoms with Crippen LogP contribution in [-0.2, 0) is 4.74 Å².